The van der Waals surface area contributed by atoms with Crippen LogP contribution in [-0.4, -0.2) is 23.9 Å². The van der Waals surface area contributed by atoms with Gasteiger partial charge >= 0.3 is 0 Å². The zero-order valence-corrected chi connectivity index (χ0v) is 15.5. The summed E-state index contributed by atoms with van der Waals surface area (Å²) in [7, 11) is 0. The number of benzene rings is 3. The van der Waals surface area contributed by atoms with Crippen molar-refractivity contribution in [2.75, 3.05) is 13.1 Å². The molecule has 3 rings (SSSR count). The van der Waals surface area contributed by atoms with Crippen molar-refractivity contribution < 1.29 is 4.79 Å². The lowest BCUT2D eigenvalue weighted by atomic mass is 10.1. The molecule has 1 N–H and O–H groups in total. The average Bonchev–Trinajstić information content (AvgIpc) is 2.70. The molecule has 0 atom stereocenters. The van der Waals surface area contributed by atoms with E-state index in [0.717, 1.165) is 36.0 Å². The Bertz CT molecular complexity index is 867. The van der Waals surface area contributed by atoms with Gasteiger partial charge in [0.15, 0.2) is 0 Å². The van der Waals surface area contributed by atoms with Crippen LogP contribution in [-0.2, 0) is 13.1 Å². The van der Waals surface area contributed by atoms with Gasteiger partial charge in [0.2, 0.25) is 0 Å². The highest BCUT2D eigenvalue weighted by molar-refractivity contribution is 5.98. The van der Waals surface area contributed by atoms with E-state index in [4.69, 9.17) is 0 Å². The molecule has 0 fully saturated rings. The molecule has 0 saturated carbocycles. The van der Waals surface area contributed by atoms with E-state index < -0.39 is 0 Å². The predicted octanol–water partition coefficient (Wildman–Crippen LogP) is 4.61. The SMILES string of the molecule is CCN(CC)Cc1ccc(CNC(=O)c2ccc3ccccc3c2)cc1. The Morgan fingerprint density at radius 1 is 0.846 bits per heavy atom. The summed E-state index contributed by atoms with van der Waals surface area (Å²) in [6.45, 7) is 7.98. The standard InChI is InChI=1S/C23H26N2O/c1-3-25(4-2)17-19-11-9-18(10-12-19)16-24-23(26)22-14-13-20-7-5-6-8-21(20)15-22/h5-15H,3-4,16-17H2,1-2H3,(H,24,26). The van der Waals surface area contributed by atoms with Crippen LogP contribution in [0.15, 0.2) is 66.7 Å². The number of hydrogen-bond donors (Lipinski definition) is 1. The quantitative estimate of drug-likeness (QED) is 0.677. The zero-order chi connectivity index (χ0) is 18.4. The highest BCUT2D eigenvalue weighted by Gasteiger charge is 2.07. The Kier molecular flexibility index (Phi) is 6.03. The van der Waals surface area contributed by atoms with Gasteiger partial charge in [-0.2, -0.15) is 0 Å². The maximum Gasteiger partial charge on any atom is 0.251 e. The van der Waals surface area contributed by atoms with Crippen LogP contribution in [0.25, 0.3) is 10.8 Å². The van der Waals surface area contributed by atoms with Crippen LogP contribution in [0.3, 0.4) is 0 Å². The Morgan fingerprint density at radius 2 is 1.50 bits per heavy atom. The van der Waals surface area contributed by atoms with Crippen LogP contribution in [0.2, 0.25) is 0 Å². The van der Waals surface area contributed by atoms with Crippen LogP contribution >= 0.6 is 0 Å². The third kappa shape index (κ3) is 4.50. The molecule has 0 unspecified atom stereocenters. The second-order valence-corrected chi connectivity index (χ2v) is 6.52. The van der Waals surface area contributed by atoms with Crippen molar-refractivity contribution in [1.82, 2.24) is 10.2 Å². The van der Waals surface area contributed by atoms with Crippen LogP contribution < -0.4 is 5.32 Å². The van der Waals surface area contributed by atoms with Crippen LogP contribution in [0.5, 0.6) is 0 Å². The summed E-state index contributed by atoms with van der Waals surface area (Å²) in [5.74, 6) is -0.0389. The van der Waals surface area contributed by atoms with E-state index in [1.165, 1.54) is 5.56 Å². The lowest BCUT2D eigenvalue weighted by Gasteiger charge is -2.18. The molecule has 26 heavy (non-hydrogen) atoms. The van der Waals surface area contributed by atoms with Gasteiger partial charge in [-0.05, 0) is 47.1 Å². The first-order valence-electron chi connectivity index (χ1n) is 9.26. The van der Waals surface area contributed by atoms with Gasteiger partial charge in [0.1, 0.15) is 0 Å². The summed E-state index contributed by atoms with van der Waals surface area (Å²) in [5.41, 5.74) is 3.11. The highest BCUT2D eigenvalue weighted by Crippen LogP contribution is 2.15. The van der Waals surface area contributed by atoms with Crippen molar-refractivity contribution >= 4 is 16.7 Å². The molecule has 0 spiro atoms. The largest absolute Gasteiger partial charge is 0.348 e. The molecule has 3 aromatic rings. The maximum atomic E-state index is 12.4. The van der Waals surface area contributed by atoms with E-state index in [1.807, 2.05) is 36.4 Å². The first-order valence-corrected chi connectivity index (χ1v) is 9.26. The Labute approximate surface area is 155 Å². The summed E-state index contributed by atoms with van der Waals surface area (Å²) in [4.78, 5) is 14.8. The molecular weight excluding hydrogens is 320 g/mol. The van der Waals surface area contributed by atoms with E-state index in [2.05, 4.69) is 54.4 Å². The average molecular weight is 346 g/mol. The minimum atomic E-state index is -0.0389. The second-order valence-electron chi connectivity index (χ2n) is 6.52. The number of rotatable bonds is 7. The van der Waals surface area contributed by atoms with Crippen molar-refractivity contribution in [2.45, 2.75) is 26.9 Å². The predicted molar refractivity (Wildman–Crippen MR) is 108 cm³/mol. The smallest absolute Gasteiger partial charge is 0.251 e. The molecule has 0 bridgehead atoms. The Hall–Kier alpha value is -2.65. The molecule has 0 aliphatic rings. The first-order chi connectivity index (χ1) is 12.7. The van der Waals surface area contributed by atoms with E-state index >= 15 is 0 Å². The number of amides is 1. The monoisotopic (exact) mass is 346 g/mol. The van der Waals surface area contributed by atoms with Crippen LogP contribution in [0.1, 0.15) is 35.3 Å². The van der Waals surface area contributed by atoms with Crippen molar-refractivity contribution in [2.24, 2.45) is 0 Å². The van der Waals surface area contributed by atoms with Crippen molar-refractivity contribution in [3.8, 4) is 0 Å². The summed E-state index contributed by atoms with van der Waals surface area (Å²) >= 11 is 0. The first kappa shape index (κ1) is 18.2. The minimum absolute atomic E-state index is 0.0389. The zero-order valence-electron chi connectivity index (χ0n) is 15.5. The molecule has 134 valence electrons. The number of nitrogens with one attached hydrogen (secondary N) is 1. The molecule has 3 heteroatoms. The van der Waals surface area contributed by atoms with Gasteiger partial charge in [-0.15, -0.1) is 0 Å². The normalized spacial score (nSPS) is 11.0. The molecule has 0 radical (unpaired) electrons. The molecule has 0 aliphatic carbocycles. The van der Waals surface area contributed by atoms with E-state index in [0.29, 0.717) is 12.1 Å². The van der Waals surface area contributed by atoms with Crippen molar-refractivity contribution in [3.63, 3.8) is 0 Å². The molecular formula is C23H26N2O. The number of carbonyl (C=O) groups is 1. The summed E-state index contributed by atoms with van der Waals surface area (Å²) < 4.78 is 0. The second kappa shape index (κ2) is 8.63. The van der Waals surface area contributed by atoms with E-state index in [-0.39, 0.29) is 5.91 Å². The Balaban J connectivity index is 1.60. The molecule has 1 amide bonds. The molecule has 0 aliphatic heterocycles. The van der Waals surface area contributed by atoms with Crippen molar-refractivity contribution in [3.05, 3.63) is 83.4 Å². The fraction of sp³-hybridized carbons (Fsp3) is 0.261. The minimum Gasteiger partial charge on any atom is -0.348 e. The molecule has 0 heterocycles. The number of carbonyl (C=O) groups excluding carboxylic acids is 1. The molecule has 0 saturated heterocycles. The molecule has 3 nitrogen and oxygen atoms in total. The van der Waals surface area contributed by atoms with Crippen LogP contribution in [0.4, 0.5) is 0 Å². The topological polar surface area (TPSA) is 32.3 Å². The van der Waals surface area contributed by atoms with E-state index in [9.17, 15) is 4.79 Å². The number of fused-ring (bicyclic) bond motifs is 1. The van der Waals surface area contributed by atoms with E-state index in [1.54, 1.807) is 0 Å². The number of nitrogens with zero attached hydrogens (tertiary/aromatic N) is 1. The Morgan fingerprint density at radius 3 is 2.19 bits per heavy atom. The number of hydrogen-bond acceptors (Lipinski definition) is 2. The van der Waals surface area contributed by atoms with Gasteiger partial charge < -0.3 is 5.32 Å². The third-order valence-corrected chi connectivity index (χ3v) is 4.79. The van der Waals surface area contributed by atoms with Gasteiger partial charge in [-0.1, -0.05) is 68.4 Å². The third-order valence-electron chi connectivity index (χ3n) is 4.79. The van der Waals surface area contributed by atoms with Gasteiger partial charge in [0, 0.05) is 18.7 Å². The van der Waals surface area contributed by atoms with Gasteiger partial charge in [0.25, 0.3) is 5.91 Å². The van der Waals surface area contributed by atoms with Crippen LogP contribution in [0, 0.1) is 0 Å². The van der Waals surface area contributed by atoms with Crippen molar-refractivity contribution in [1.29, 1.82) is 0 Å². The van der Waals surface area contributed by atoms with Gasteiger partial charge in [-0.3, -0.25) is 9.69 Å². The molecule has 3 aromatic carbocycles. The fourth-order valence-electron chi connectivity index (χ4n) is 3.08. The summed E-state index contributed by atoms with van der Waals surface area (Å²) in [6.07, 6.45) is 0. The molecule has 0 aromatic heterocycles. The lowest BCUT2D eigenvalue weighted by molar-refractivity contribution is 0.0951. The fourth-order valence-corrected chi connectivity index (χ4v) is 3.08. The lowest BCUT2D eigenvalue weighted by Crippen LogP contribution is -2.23. The summed E-state index contributed by atoms with van der Waals surface area (Å²) in [6, 6.07) is 22.4. The summed E-state index contributed by atoms with van der Waals surface area (Å²) in [5, 5.41) is 5.24. The highest BCUT2D eigenvalue weighted by atomic mass is 16.1. The maximum absolute atomic E-state index is 12.4. The van der Waals surface area contributed by atoms with Gasteiger partial charge in [0.05, 0.1) is 0 Å². The van der Waals surface area contributed by atoms with Gasteiger partial charge in [-0.25, -0.2) is 0 Å².